The third-order valence-electron chi connectivity index (χ3n) is 4.13. The molecule has 1 fully saturated rings. The Kier molecular flexibility index (Phi) is 8.49. The minimum Gasteiger partial charge on any atom is -0.481 e. The molecule has 3 rings (SSSR count). The minimum atomic E-state index is 0. The van der Waals surface area contributed by atoms with E-state index < -0.39 is 0 Å². The zero-order valence-corrected chi connectivity index (χ0v) is 18.0. The van der Waals surface area contributed by atoms with Crippen molar-refractivity contribution in [2.45, 2.75) is 13.5 Å². The van der Waals surface area contributed by atoms with Gasteiger partial charge in [0.25, 0.3) is 0 Å². The minimum absolute atomic E-state index is 0. The van der Waals surface area contributed by atoms with Crippen molar-refractivity contribution < 1.29 is 4.74 Å². The molecule has 27 heavy (non-hydrogen) atoms. The zero-order valence-electron chi connectivity index (χ0n) is 15.7. The van der Waals surface area contributed by atoms with Gasteiger partial charge in [-0.05, 0) is 19.1 Å². The van der Waals surface area contributed by atoms with E-state index in [-0.39, 0.29) is 24.0 Å². The van der Waals surface area contributed by atoms with Crippen LogP contribution >= 0.6 is 24.0 Å². The number of hydrogen-bond acceptors (Lipinski definition) is 6. The van der Waals surface area contributed by atoms with Gasteiger partial charge in [-0.3, -0.25) is 0 Å². The lowest BCUT2D eigenvalue weighted by molar-refractivity contribution is 0.370. The fourth-order valence-electron chi connectivity index (χ4n) is 2.81. The molecule has 0 atom stereocenters. The van der Waals surface area contributed by atoms with E-state index in [4.69, 9.17) is 9.73 Å². The first-order valence-electron chi connectivity index (χ1n) is 8.85. The molecule has 146 valence electrons. The molecule has 1 saturated heterocycles. The lowest BCUT2D eigenvalue weighted by atomic mass is 10.3. The largest absolute Gasteiger partial charge is 0.481 e. The molecule has 0 spiro atoms. The maximum absolute atomic E-state index is 5.18. The lowest BCUT2D eigenvalue weighted by Gasteiger charge is -2.36. The molecule has 0 saturated carbocycles. The lowest BCUT2D eigenvalue weighted by Crippen LogP contribution is -2.53. The topological polar surface area (TPSA) is 78.8 Å². The monoisotopic (exact) mass is 483 g/mol. The van der Waals surface area contributed by atoms with Crippen LogP contribution in [0, 0.1) is 0 Å². The quantitative estimate of drug-likeness (QED) is 0.395. The number of nitrogens with one attached hydrogen (secondary N) is 1. The van der Waals surface area contributed by atoms with Crippen molar-refractivity contribution in [3.05, 3.63) is 42.4 Å². The Morgan fingerprint density at radius 3 is 2.56 bits per heavy atom. The van der Waals surface area contributed by atoms with E-state index in [1.807, 2.05) is 24.3 Å². The number of aliphatic imine (C=N–C) groups is 1. The number of aromatic nitrogens is 3. The molecule has 0 aromatic carbocycles. The second kappa shape index (κ2) is 10.9. The molecule has 3 heterocycles. The van der Waals surface area contributed by atoms with Crippen LogP contribution < -0.4 is 15.0 Å². The Morgan fingerprint density at radius 2 is 1.89 bits per heavy atom. The average Bonchev–Trinajstić information content (AvgIpc) is 2.72. The Labute approximate surface area is 177 Å². The molecule has 0 aliphatic carbocycles. The number of piperazine rings is 1. The highest BCUT2D eigenvalue weighted by molar-refractivity contribution is 14.0. The SMILES string of the molecule is CCNC(=NCc1cccc(OC)n1)N1CCN(c2ncccn2)CC1.I. The summed E-state index contributed by atoms with van der Waals surface area (Å²) in [5, 5.41) is 3.37. The second-order valence-corrected chi connectivity index (χ2v) is 5.86. The Balaban J connectivity index is 0.00000261. The first-order valence-corrected chi connectivity index (χ1v) is 8.85. The molecular weight excluding hydrogens is 457 g/mol. The third kappa shape index (κ3) is 5.91. The summed E-state index contributed by atoms with van der Waals surface area (Å²) in [4.78, 5) is 22.3. The van der Waals surface area contributed by atoms with Gasteiger partial charge in [0.1, 0.15) is 0 Å². The van der Waals surface area contributed by atoms with Crippen LogP contribution in [-0.2, 0) is 6.54 Å². The molecule has 2 aromatic rings. The summed E-state index contributed by atoms with van der Waals surface area (Å²) < 4.78 is 5.18. The van der Waals surface area contributed by atoms with E-state index in [0.29, 0.717) is 12.4 Å². The molecule has 8 nitrogen and oxygen atoms in total. The average molecular weight is 483 g/mol. The zero-order chi connectivity index (χ0) is 18.2. The van der Waals surface area contributed by atoms with Gasteiger partial charge in [0.2, 0.25) is 11.8 Å². The van der Waals surface area contributed by atoms with E-state index in [0.717, 1.165) is 50.3 Å². The van der Waals surface area contributed by atoms with Gasteiger partial charge in [-0.25, -0.2) is 19.9 Å². The smallest absolute Gasteiger partial charge is 0.225 e. The summed E-state index contributed by atoms with van der Waals surface area (Å²) in [6.45, 7) is 6.89. The van der Waals surface area contributed by atoms with Crippen molar-refractivity contribution in [1.82, 2.24) is 25.2 Å². The van der Waals surface area contributed by atoms with Crippen molar-refractivity contribution in [3.8, 4) is 5.88 Å². The van der Waals surface area contributed by atoms with E-state index in [1.54, 1.807) is 19.5 Å². The number of hydrogen-bond donors (Lipinski definition) is 1. The summed E-state index contributed by atoms with van der Waals surface area (Å²) in [6, 6.07) is 7.56. The van der Waals surface area contributed by atoms with Gasteiger partial charge in [-0.2, -0.15) is 0 Å². The Morgan fingerprint density at radius 1 is 1.15 bits per heavy atom. The normalized spacial score (nSPS) is 14.5. The van der Waals surface area contributed by atoms with E-state index in [1.165, 1.54) is 0 Å². The van der Waals surface area contributed by atoms with Gasteiger partial charge < -0.3 is 19.9 Å². The predicted molar refractivity (Wildman–Crippen MR) is 117 cm³/mol. The summed E-state index contributed by atoms with van der Waals surface area (Å²) >= 11 is 0. The highest BCUT2D eigenvalue weighted by Crippen LogP contribution is 2.11. The molecule has 2 aromatic heterocycles. The van der Waals surface area contributed by atoms with Gasteiger partial charge in [-0.15, -0.1) is 24.0 Å². The van der Waals surface area contributed by atoms with E-state index in [2.05, 4.69) is 37.0 Å². The van der Waals surface area contributed by atoms with Crippen molar-refractivity contribution in [1.29, 1.82) is 0 Å². The summed E-state index contributed by atoms with van der Waals surface area (Å²) in [6.07, 6.45) is 3.56. The molecule has 0 amide bonds. The van der Waals surface area contributed by atoms with Gasteiger partial charge in [-0.1, -0.05) is 6.07 Å². The number of guanidine groups is 1. The predicted octanol–water partition coefficient (Wildman–Crippen LogP) is 1.79. The molecule has 0 unspecified atom stereocenters. The van der Waals surface area contributed by atoms with Crippen molar-refractivity contribution in [2.24, 2.45) is 4.99 Å². The summed E-state index contributed by atoms with van der Waals surface area (Å²) in [5.74, 6) is 2.31. The molecule has 0 radical (unpaired) electrons. The number of anilines is 1. The first-order chi connectivity index (χ1) is 12.8. The van der Waals surface area contributed by atoms with Gasteiger partial charge in [0.05, 0.1) is 19.3 Å². The van der Waals surface area contributed by atoms with Crippen LogP contribution in [0.3, 0.4) is 0 Å². The van der Waals surface area contributed by atoms with Gasteiger partial charge in [0, 0.05) is 51.2 Å². The van der Waals surface area contributed by atoms with Crippen molar-refractivity contribution >= 4 is 35.9 Å². The maximum atomic E-state index is 5.18. The number of nitrogens with zero attached hydrogens (tertiary/aromatic N) is 6. The Bertz CT molecular complexity index is 721. The highest BCUT2D eigenvalue weighted by Gasteiger charge is 2.21. The molecule has 0 bridgehead atoms. The molecule has 1 aliphatic heterocycles. The summed E-state index contributed by atoms with van der Waals surface area (Å²) in [7, 11) is 1.62. The fourth-order valence-corrected chi connectivity index (χ4v) is 2.81. The summed E-state index contributed by atoms with van der Waals surface area (Å²) in [5.41, 5.74) is 0.885. The van der Waals surface area contributed by atoms with Crippen LogP contribution in [0.5, 0.6) is 5.88 Å². The molecular formula is C18H26IN7O. The number of halogens is 1. The van der Waals surface area contributed by atoms with Gasteiger partial charge in [0.15, 0.2) is 5.96 Å². The van der Waals surface area contributed by atoms with Crippen LogP contribution in [-0.4, -0.2) is 65.6 Å². The van der Waals surface area contributed by atoms with Crippen LogP contribution in [0.25, 0.3) is 0 Å². The molecule has 1 aliphatic rings. The number of rotatable bonds is 5. The molecule has 1 N–H and O–H groups in total. The van der Waals surface area contributed by atoms with Gasteiger partial charge >= 0.3 is 0 Å². The highest BCUT2D eigenvalue weighted by atomic mass is 127. The van der Waals surface area contributed by atoms with Crippen LogP contribution in [0.15, 0.2) is 41.7 Å². The standard InChI is InChI=1S/C18H25N7O.HI/c1-3-19-17(22-14-15-6-4-7-16(23-15)26-2)24-10-12-25(13-11-24)18-20-8-5-9-21-18;/h4-9H,3,10-14H2,1-2H3,(H,19,22);1H. The number of pyridine rings is 1. The van der Waals surface area contributed by atoms with Crippen molar-refractivity contribution in [2.75, 3.05) is 44.7 Å². The van der Waals surface area contributed by atoms with Crippen LogP contribution in [0.1, 0.15) is 12.6 Å². The second-order valence-electron chi connectivity index (χ2n) is 5.86. The molecule has 9 heteroatoms. The van der Waals surface area contributed by atoms with Crippen LogP contribution in [0.4, 0.5) is 5.95 Å². The van der Waals surface area contributed by atoms with E-state index >= 15 is 0 Å². The van der Waals surface area contributed by atoms with E-state index in [9.17, 15) is 0 Å². The Hall–Kier alpha value is -2.17. The van der Waals surface area contributed by atoms with Crippen LogP contribution in [0.2, 0.25) is 0 Å². The maximum Gasteiger partial charge on any atom is 0.225 e. The third-order valence-corrected chi connectivity index (χ3v) is 4.13. The fraction of sp³-hybridized carbons (Fsp3) is 0.444. The van der Waals surface area contributed by atoms with Crippen molar-refractivity contribution in [3.63, 3.8) is 0 Å². The first kappa shape index (κ1) is 21.1. The number of methoxy groups -OCH3 is 1. The number of ether oxygens (including phenoxy) is 1.